The molecule has 0 aromatic heterocycles. The van der Waals surface area contributed by atoms with E-state index < -0.39 is 6.10 Å². The number of aliphatic imine (C=N–C) groups is 1. The average Bonchev–Trinajstić information content (AvgIpc) is 2.55. The van der Waals surface area contributed by atoms with Crippen molar-refractivity contribution in [1.82, 2.24) is 10.6 Å². The maximum Gasteiger partial charge on any atom is 0.191 e. The molecule has 0 bridgehead atoms. The number of hydrogen-bond donors (Lipinski definition) is 3. The summed E-state index contributed by atoms with van der Waals surface area (Å²) in [5.74, 6) is 0.956. The third-order valence-corrected chi connectivity index (χ3v) is 3.40. The van der Waals surface area contributed by atoms with E-state index in [-0.39, 0.29) is 12.4 Å². The molecular formula is C18H30FN3O2. The Morgan fingerprint density at radius 3 is 2.54 bits per heavy atom. The molecule has 0 saturated carbocycles. The standard InChI is InChI=1S/C18H30FN3O2/c1-4-20-18(21-10-12-24-11-9-14(2)3)22-13-17(23)15-5-7-16(19)8-6-15/h5-8,14,17,23H,4,9-13H2,1-3H3,(H2,20,21,22). The minimum Gasteiger partial charge on any atom is -0.386 e. The van der Waals surface area contributed by atoms with Crippen LogP contribution in [0, 0.1) is 11.7 Å². The zero-order valence-electron chi connectivity index (χ0n) is 14.9. The molecule has 0 spiro atoms. The van der Waals surface area contributed by atoms with E-state index in [1.165, 1.54) is 12.1 Å². The Hall–Kier alpha value is -1.66. The largest absolute Gasteiger partial charge is 0.386 e. The van der Waals surface area contributed by atoms with Gasteiger partial charge in [0, 0.05) is 19.7 Å². The maximum absolute atomic E-state index is 12.9. The summed E-state index contributed by atoms with van der Waals surface area (Å²) < 4.78 is 18.4. The minimum atomic E-state index is -0.761. The highest BCUT2D eigenvalue weighted by Crippen LogP contribution is 2.13. The van der Waals surface area contributed by atoms with Crippen LogP contribution < -0.4 is 10.6 Å². The highest BCUT2D eigenvalue weighted by atomic mass is 19.1. The van der Waals surface area contributed by atoms with Crippen LogP contribution in [-0.4, -0.2) is 43.9 Å². The van der Waals surface area contributed by atoms with Crippen LogP contribution in [0.25, 0.3) is 0 Å². The van der Waals surface area contributed by atoms with Crippen molar-refractivity contribution < 1.29 is 14.2 Å². The molecule has 0 amide bonds. The third kappa shape index (κ3) is 8.84. The van der Waals surface area contributed by atoms with Gasteiger partial charge >= 0.3 is 0 Å². The van der Waals surface area contributed by atoms with E-state index in [0.29, 0.717) is 30.6 Å². The number of hydrogen-bond acceptors (Lipinski definition) is 3. The van der Waals surface area contributed by atoms with Crippen molar-refractivity contribution in [3.63, 3.8) is 0 Å². The second-order valence-corrected chi connectivity index (χ2v) is 6.01. The Morgan fingerprint density at radius 2 is 1.92 bits per heavy atom. The van der Waals surface area contributed by atoms with Gasteiger partial charge in [-0.25, -0.2) is 4.39 Å². The van der Waals surface area contributed by atoms with Gasteiger partial charge < -0.3 is 20.5 Å². The number of nitrogens with one attached hydrogen (secondary N) is 2. The van der Waals surface area contributed by atoms with Crippen LogP contribution in [0.5, 0.6) is 0 Å². The van der Waals surface area contributed by atoms with Gasteiger partial charge in [-0.05, 0) is 37.0 Å². The van der Waals surface area contributed by atoms with Gasteiger partial charge in [0.1, 0.15) is 5.82 Å². The topological polar surface area (TPSA) is 65.9 Å². The van der Waals surface area contributed by atoms with Gasteiger partial charge in [0.2, 0.25) is 0 Å². The molecule has 0 aliphatic carbocycles. The number of benzene rings is 1. The van der Waals surface area contributed by atoms with Crippen LogP contribution >= 0.6 is 0 Å². The molecule has 1 unspecified atom stereocenters. The number of guanidine groups is 1. The van der Waals surface area contributed by atoms with Crippen LogP contribution in [-0.2, 0) is 4.74 Å². The van der Waals surface area contributed by atoms with E-state index >= 15 is 0 Å². The SMILES string of the molecule is CCNC(=NCC(O)c1ccc(F)cc1)NCCOCCC(C)C. The van der Waals surface area contributed by atoms with E-state index in [2.05, 4.69) is 29.5 Å². The van der Waals surface area contributed by atoms with Gasteiger partial charge in [0.15, 0.2) is 5.96 Å². The van der Waals surface area contributed by atoms with E-state index in [1.807, 2.05) is 6.92 Å². The fraction of sp³-hybridized carbons (Fsp3) is 0.611. The summed E-state index contributed by atoms with van der Waals surface area (Å²) in [5, 5.41) is 16.4. The van der Waals surface area contributed by atoms with Gasteiger partial charge in [-0.15, -0.1) is 0 Å². The molecule has 0 saturated heterocycles. The summed E-state index contributed by atoms with van der Waals surface area (Å²) in [5.41, 5.74) is 0.646. The Balaban J connectivity index is 2.37. The number of aliphatic hydroxyl groups excluding tert-OH is 1. The number of ether oxygens (including phenoxy) is 1. The molecule has 3 N–H and O–H groups in total. The lowest BCUT2D eigenvalue weighted by Crippen LogP contribution is -2.39. The van der Waals surface area contributed by atoms with Crippen LogP contribution in [0.2, 0.25) is 0 Å². The molecule has 1 atom stereocenters. The molecule has 136 valence electrons. The molecule has 1 aromatic carbocycles. The Kier molecular flexibility index (Phi) is 10.0. The first-order valence-corrected chi connectivity index (χ1v) is 8.56. The number of aliphatic hydroxyl groups is 1. The van der Waals surface area contributed by atoms with Crippen molar-refractivity contribution in [2.24, 2.45) is 10.9 Å². The number of nitrogens with zero attached hydrogens (tertiary/aromatic N) is 1. The molecular weight excluding hydrogens is 309 g/mol. The number of rotatable bonds is 10. The lowest BCUT2D eigenvalue weighted by atomic mass is 10.1. The molecule has 1 rings (SSSR count). The lowest BCUT2D eigenvalue weighted by Gasteiger charge is -2.13. The maximum atomic E-state index is 12.9. The molecule has 1 aromatic rings. The molecule has 0 fully saturated rings. The summed E-state index contributed by atoms with van der Waals surface area (Å²) in [7, 11) is 0. The van der Waals surface area contributed by atoms with Crippen LogP contribution in [0.3, 0.4) is 0 Å². The van der Waals surface area contributed by atoms with Crippen LogP contribution in [0.4, 0.5) is 4.39 Å². The van der Waals surface area contributed by atoms with Crippen molar-refractivity contribution in [2.45, 2.75) is 33.3 Å². The zero-order valence-corrected chi connectivity index (χ0v) is 14.9. The monoisotopic (exact) mass is 339 g/mol. The average molecular weight is 339 g/mol. The first-order chi connectivity index (χ1) is 11.5. The molecule has 0 heterocycles. The highest BCUT2D eigenvalue weighted by molar-refractivity contribution is 5.79. The molecule has 24 heavy (non-hydrogen) atoms. The van der Waals surface area contributed by atoms with E-state index in [4.69, 9.17) is 4.74 Å². The highest BCUT2D eigenvalue weighted by Gasteiger charge is 2.07. The molecule has 0 aliphatic rings. The molecule has 0 aliphatic heterocycles. The summed E-state index contributed by atoms with van der Waals surface area (Å²) >= 11 is 0. The summed E-state index contributed by atoms with van der Waals surface area (Å²) in [6.45, 7) is 9.27. The Morgan fingerprint density at radius 1 is 1.21 bits per heavy atom. The first-order valence-electron chi connectivity index (χ1n) is 8.56. The zero-order chi connectivity index (χ0) is 17.8. The van der Waals surface area contributed by atoms with Crippen molar-refractivity contribution in [1.29, 1.82) is 0 Å². The normalized spacial score (nSPS) is 13.2. The predicted octanol–water partition coefficient (Wildman–Crippen LogP) is 2.48. The fourth-order valence-corrected chi connectivity index (χ4v) is 1.97. The van der Waals surface area contributed by atoms with Gasteiger partial charge in [-0.2, -0.15) is 0 Å². The van der Waals surface area contributed by atoms with Crippen molar-refractivity contribution in [3.05, 3.63) is 35.6 Å². The Bertz CT molecular complexity index is 478. The smallest absolute Gasteiger partial charge is 0.191 e. The predicted molar refractivity (Wildman–Crippen MR) is 95.6 cm³/mol. The third-order valence-electron chi connectivity index (χ3n) is 3.40. The van der Waals surface area contributed by atoms with E-state index in [9.17, 15) is 9.50 Å². The van der Waals surface area contributed by atoms with Crippen molar-refractivity contribution in [2.75, 3.05) is 32.8 Å². The molecule has 0 radical (unpaired) electrons. The second kappa shape index (κ2) is 11.8. The lowest BCUT2D eigenvalue weighted by molar-refractivity contribution is 0.128. The minimum absolute atomic E-state index is 0.204. The number of halogens is 1. The van der Waals surface area contributed by atoms with Gasteiger partial charge in [-0.3, -0.25) is 4.99 Å². The van der Waals surface area contributed by atoms with Gasteiger partial charge in [0.05, 0.1) is 19.3 Å². The summed E-state index contributed by atoms with van der Waals surface area (Å²) in [6.07, 6.45) is 0.293. The second-order valence-electron chi connectivity index (χ2n) is 6.01. The fourth-order valence-electron chi connectivity index (χ4n) is 1.97. The Labute approximate surface area is 144 Å². The van der Waals surface area contributed by atoms with Gasteiger partial charge in [-0.1, -0.05) is 26.0 Å². The summed E-state index contributed by atoms with van der Waals surface area (Å²) in [4.78, 5) is 4.35. The first kappa shape index (κ1) is 20.4. The van der Waals surface area contributed by atoms with Crippen molar-refractivity contribution in [3.8, 4) is 0 Å². The van der Waals surface area contributed by atoms with E-state index in [1.54, 1.807) is 12.1 Å². The molecule has 6 heteroatoms. The van der Waals surface area contributed by atoms with Gasteiger partial charge in [0.25, 0.3) is 0 Å². The van der Waals surface area contributed by atoms with E-state index in [0.717, 1.165) is 19.6 Å². The van der Waals surface area contributed by atoms with Crippen LogP contribution in [0.1, 0.15) is 38.9 Å². The van der Waals surface area contributed by atoms with Crippen molar-refractivity contribution >= 4 is 5.96 Å². The summed E-state index contributed by atoms with van der Waals surface area (Å²) in [6, 6.07) is 5.80. The molecule has 5 nitrogen and oxygen atoms in total. The van der Waals surface area contributed by atoms with Crippen LogP contribution in [0.15, 0.2) is 29.3 Å². The quantitative estimate of drug-likeness (QED) is 0.348.